The fourth-order valence-electron chi connectivity index (χ4n) is 1.27. The van der Waals surface area contributed by atoms with Crippen molar-refractivity contribution in [3.05, 3.63) is 53.1 Å². The second kappa shape index (κ2) is 3.16. The Balaban J connectivity index is 2.46. The summed E-state index contributed by atoms with van der Waals surface area (Å²) in [6, 6.07) is 7.84. The molecule has 0 aromatic heterocycles. The van der Waals surface area contributed by atoms with Crippen molar-refractivity contribution in [2.24, 2.45) is 0 Å². The van der Waals surface area contributed by atoms with Gasteiger partial charge in [-0.25, -0.2) is 0 Å². The van der Waals surface area contributed by atoms with Crippen LogP contribution in [0.1, 0.15) is 12.0 Å². The molecule has 1 aliphatic rings. The van der Waals surface area contributed by atoms with Crippen molar-refractivity contribution >= 4 is 17.2 Å². The Morgan fingerprint density at radius 3 is 2.75 bits per heavy atom. The van der Waals surface area contributed by atoms with E-state index in [1.54, 1.807) is 0 Å². The molecule has 0 saturated heterocycles. The highest BCUT2D eigenvalue weighted by atomic mass is 35.5. The number of hydrogen-bond acceptors (Lipinski definition) is 0. The smallest absolute Gasteiger partial charge is 0.0484 e. The summed E-state index contributed by atoms with van der Waals surface area (Å²) in [6.45, 7) is 0. The molecule has 0 aliphatic heterocycles. The minimum absolute atomic E-state index is 0.798. The number of allylic oxidation sites excluding steroid dienone is 4. The van der Waals surface area contributed by atoms with Gasteiger partial charge >= 0.3 is 0 Å². The molecule has 0 amide bonds. The number of hydrogen-bond donors (Lipinski definition) is 0. The molecule has 0 nitrogen and oxygen atoms in total. The average molecular weight is 176 g/mol. The first kappa shape index (κ1) is 7.63. The number of rotatable bonds is 1. The summed E-state index contributed by atoms with van der Waals surface area (Å²) in [5.74, 6) is 0. The largest absolute Gasteiger partial charge is 0.0837 e. The highest BCUT2D eigenvalue weighted by Gasteiger charge is 2.04. The highest BCUT2D eigenvalue weighted by molar-refractivity contribution is 6.32. The van der Waals surface area contributed by atoms with Crippen LogP contribution in [-0.2, 0) is 0 Å². The fraction of sp³-hybridized carbons (Fsp3) is 0.0909. The summed E-state index contributed by atoms with van der Waals surface area (Å²) in [6.07, 6.45) is 8.28. The molecule has 1 aromatic rings. The molecule has 1 aromatic carbocycles. The first-order valence-corrected chi connectivity index (χ1v) is 4.28. The van der Waals surface area contributed by atoms with Gasteiger partial charge in [0.05, 0.1) is 0 Å². The Bertz CT molecular complexity index is 348. The normalized spacial score (nSPS) is 14.9. The van der Waals surface area contributed by atoms with E-state index in [2.05, 4.69) is 18.2 Å². The van der Waals surface area contributed by atoms with Crippen LogP contribution in [0.4, 0.5) is 0 Å². The van der Waals surface area contributed by atoms with E-state index in [0.717, 1.165) is 22.6 Å². The summed E-state index contributed by atoms with van der Waals surface area (Å²) in [5, 5.41) is 0.798. The Labute approximate surface area is 77.2 Å². The van der Waals surface area contributed by atoms with Crippen LogP contribution in [0.25, 0.3) is 5.57 Å². The molecule has 1 radical (unpaired) electrons. The van der Waals surface area contributed by atoms with Crippen LogP contribution in [0, 0.1) is 6.08 Å². The third-order valence-electron chi connectivity index (χ3n) is 1.86. The molecule has 0 fully saturated rings. The van der Waals surface area contributed by atoms with Crippen LogP contribution in [0.3, 0.4) is 0 Å². The lowest BCUT2D eigenvalue weighted by Crippen LogP contribution is -1.79. The quantitative estimate of drug-likeness (QED) is 0.613. The maximum Gasteiger partial charge on any atom is 0.0484 e. The number of benzene rings is 1. The van der Waals surface area contributed by atoms with Crippen molar-refractivity contribution in [2.45, 2.75) is 6.42 Å². The predicted molar refractivity (Wildman–Crippen MR) is 51.9 cm³/mol. The first-order chi connectivity index (χ1) is 5.88. The zero-order chi connectivity index (χ0) is 8.39. The lowest BCUT2D eigenvalue weighted by Gasteiger charge is -2.01. The molecule has 12 heavy (non-hydrogen) atoms. The summed E-state index contributed by atoms with van der Waals surface area (Å²) in [7, 11) is 0. The molecule has 59 valence electrons. The van der Waals surface area contributed by atoms with Gasteiger partial charge in [0.25, 0.3) is 0 Å². The van der Waals surface area contributed by atoms with Crippen LogP contribution in [0.15, 0.2) is 36.4 Å². The van der Waals surface area contributed by atoms with Crippen LogP contribution in [-0.4, -0.2) is 0 Å². The van der Waals surface area contributed by atoms with Crippen molar-refractivity contribution in [2.75, 3.05) is 0 Å². The van der Waals surface area contributed by atoms with Crippen molar-refractivity contribution in [3.63, 3.8) is 0 Å². The predicted octanol–water partition coefficient (Wildman–Crippen LogP) is 3.49. The second-order valence-electron chi connectivity index (χ2n) is 2.68. The van der Waals surface area contributed by atoms with Crippen LogP contribution in [0.2, 0.25) is 5.02 Å². The van der Waals surface area contributed by atoms with E-state index in [4.69, 9.17) is 11.6 Å². The van der Waals surface area contributed by atoms with Gasteiger partial charge in [-0.1, -0.05) is 42.0 Å². The van der Waals surface area contributed by atoms with Gasteiger partial charge < -0.3 is 0 Å². The van der Waals surface area contributed by atoms with Crippen LogP contribution >= 0.6 is 11.6 Å². The molecule has 0 unspecified atom stereocenters. The van der Waals surface area contributed by atoms with E-state index in [0.29, 0.717) is 0 Å². The highest BCUT2D eigenvalue weighted by Crippen LogP contribution is 2.26. The average Bonchev–Trinajstić information content (AvgIpc) is 2.57. The van der Waals surface area contributed by atoms with Crippen LogP contribution < -0.4 is 0 Å². The van der Waals surface area contributed by atoms with Gasteiger partial charge in [0.2, 0.25) is 0 Å². The maximum atomic E-state index is 6.01. The summed E-state index contributed by atoms with van der Waals surface area (Å²) < 4.78 is 0. The van der Waals surface area contributed by atoms with Gasteiger partial charge in [-0.3, -0.25) is 0 Å². The third-order valence-corrected chi connectivity index (χ3v) is 2.19. The zero-order valence-electron chi connectivity index (χ0n) is 6.55. The van der Waals surface area contributed by atoms with Gasteiger partial charge in [0.15, 0.2) is 0 Å². The van der Waals surface area contributed by atoms with Crippen molar-refractivity contribution in [1.82, 2.24) is 0 Å². The summed E-state index contributed by atoms with van der Waals surface area (Å²) >= 11 is 6.01. The van der Waals surface area contributed by atoms with Crippen molar-refractivity contribution < 1.29 is 0 Å². The lowest BCUT2D eigenvalue weighted by molar-refractivity contribution is 1.40. The van der Waals surface area contributed by atoms with Crippen molar-refractivity contribution in [3.8, 4) is 0 Å². The first-order valence-electron chi connectivity index (χ1n) is 3.90. The van der Waals surface area contributed by atoms with E-state index in [1.165, 1.54) is 0 Å². The zero-order valence-corrected chi connectivity index (χ0v) is 7.31. The maximum absolute atomic E-state index is 6.01. The Morgan fingerprint density at radius 2 is 2.08 bits per heavy atom. The van der Waals surface area contributed by atoms with Crippen LogP contribution in [0.5, 0.6) is 0 Å². The van der Waals surface area contributed by atoms with E-state index < -0.39 is 0 Å². The Kier molecular flexibility index (Phi) is 2.01. The minimum atomic E-state index is 0.798. The fourth-order valence-corrected chi connectivity index (χ4v) is 1.51. The molecule has 1 heteroatoms. The molecule has 2 rings (SSSR count). The van der Waals surface area contributed by atoms with E-state index in [-0.39, 0.29) is 0 Å². The summed E-state index contributed by atoms with van der Waals surface area (Å²) in [5.41, 5.74) is 2.19. The lowest BCUT2D eigenvalue weighted by atomic mass is 10.1. The minimum Gasteiger partial charge on any atom is -0.0837 e. The van der Waals surface area contributed by atoms with E-state index in [1.807, 2.05) is 24.3 Å². The van der Waals surface area contributed by atoms with Gasteiger partial charge in [-0.2, -0.15) is 0 Å². The molecule has 0 bridgehead atoms. The molecule has 0 heterocycles. The van der Waals surface area contributed by atoms with Gasteiger partial charge in [-0.05, 0) is 24.1 Å². The number of halogens is 1. The topological polar surface area (TPSA) is 0 Å². The molecular formula is C11H8Cl. The molecule has 0 atom stereocenters. The third kappa shape index (κ3) is 1.30. The second-order valence-corrected chi connectivity index (χ2v) is 3.08. The Morgan fingerprint density at radius 1 is 1.25 bits per heavy atom. The Hall–Kier alpha value is -1.01. The van der Waals surface area contributed by atoms with E-state index in [9.17, 15) is 0 Å². The molecule has 0 spiro atoms. The summed E-state index contributed by atoms with van der Waals surface area (Å²) in [4.78, 5) is 0. The van der Waals surface area contributed by atoms with Gasteiger partial charge in [0.1, 0.15) is 0 Å². The molecule has 0 saturated carbocycles. The SMILES string of the molecule is Clc1ccccc1C1=[C]CC=C1. The molecular weight excluding hydrogens is 168 g/mol. The van der Waals surface area contributed by atoms with E-state index >= 15 is 0 Å². The molecule has 1 aliphatic carbocycles. The molecule has 0 N–H and O–H groups in total. The van der Waals surface area contributed by atoms with Gasteiger partial charge in [0, 0.05) is 10.6 Å². The standard InChI is InChI=1S/C11H8Cl/c12-11-8-4-3-7-10(11)9-5-1-2-6-9/h1,3-5,7-8H,2H2. The monoisotopic (exact) mass is 175 g/mol. The van der Waals surface area contributed by atoms with Gasteiger partial charge in [-0.15, -0.1) is 0 Å². The van der Waals surface area contributed by atoms with Crippen molar-refractivity contribution in [1.29, 1.82) is 0 Å².